The lowest BCUT2D eigenvalue weighted by Crippen LogP contribution is -2.56. The lowest BCUT2D eigenvalue weighted by atomic mass is 9.88. The molecule has 0 saturated carbocycles. The van der Waals surface area contributed by atoms with Crippen LogP contribution in [-0.2, 0) is 27.2 Å². The predicted molar refractivity (Wildman–Crippen MR) is 213 cm³/mol. The fourth-order valence-electron chi connectivity index (χ4n) is 7.61. The van der Waals surface area contributed by atoms with E-state index in [0.29, 0.717) is 55.1 Å². The molecule has 3 heterocycles. The highest BCUT2D eigenvalue weighted by molar-refractivity contribution is 5.87. The van der Waals surface area contributed by atoms with Crippen molar-refractivity contribution in [3.63, 3.8) is 0 Å². The summed E-state index contributed by atoms with van der Waals surface area (Å²) in [6.07, 6.45) is 2.32. The topological polar surface area (TPSA) is 131 Å². The number of morpholine rings is 1. The average Bonchev–Trinajstić information content (AvgIpc) is 3.17. The molecule has 290 valence electrons. The Morgan fingerprint density at radius 1 is 1.02 bits per heavy atom. The van der Waals surface area contributed by atoms with Crippen LogP contribution in [0, 0.1) is 0 Å². The minimum Gasteiger partial charge on any atom is -0.506 e. The van der Waals surface area contributed by atoms with Crippen molar-refractivity contribution in [2.45, 2.75) is 63.7 Å². The van der Waals surface area contributed by atoms with E-state index in [2.05, 4.69) is 82.5 Å². The molecule has 1 aromatic heterocycles. The van der Waals surface area contributed by atoms with Crippen LogP contribution in [0.25, 0.3) is 10.9 Å². The van der Waals surface area contributed by atoms with E-state index in [4.69, 9.17) is 9.47 Å². The summed E-state index contributed by atoms with van der Waals surface area (Å²) in [5, 5.41) is 24.6. The molecule has 3 aromatic carbocycles. The Morgan fingerprint density at radius 3 is 2.57 bits per heavy atom. The average molecular weight is 740 g/mol. The van der Waals surface area contributed by atoms with Gasteiger partial charge in [-0.25, -0.2) is 0 Å². The van der Waals surface area contributed by atoms with Crippen LogP contribution in [0.3, 0.4) is 0 Å². The van der Waals surface area contributed by atoms with E-state index in [1.165, 1.54) is 34.5 Å². The van der Waals surface area contributed by atoms with Gasteiger partial charge >= 0.3 is 0 Å². The number of piperidine rings is 1. The van der Waals surface area contributed by atoms with Crippen molar-refractivity contribution >= 4 is 22.5 Å². The molecule has 0 unspecified atom stereocenters. The first-order valence-electron chi connectivity index (χ1n) is 19.4. The summed E-state index contributed by atoms with van der Waals surface area (Å²) in [5.74, 6) is 0.495. The van der Waals surface area contributed by atoms with Crippen LogP contribution in [-0.4, -0.2) is 109 Å². The Morgan fingerprint density at radius 2 is 1.80 bits per heavy atom. The van der Waals surface area contributed by atoms with E-state index >= 15 is 0 Å². The third-order valence-electron chi connectivity index (χ3n) is 11.0. The van der Waals surface area contributed by atoms with E-state index in [1.807, 2.05) is 0 Å². The number of aliphatic hydroxyl groups excluding tert-OH is 1. The minimum absolute atomic E-state index is 0.00256. The number of hydrogen-bond donors (Lipinski definition) is 4. The van der Waals surface area contributed by atoms with Crippen LogP contribution >= 0.6 is 0 Å². The summed E-state index contributed by atoms with van der Waals surface area (Å²) in [7, 11) is 1.77. The summed E-state index contributed by atoms with van der Waals surface area (Å²) < 4.78 is 12.3. The Labute approximate surface area is 318 Å². The number of carbonyl (C=O) groups excluding carboxylic acids is 1. The van der Waals surface area contributed by atoms with Crippen molar-refractivity contribution in [1.29, 1.82) is 0 Å². The molecule has 2 fully saturated rings. The first kappa shape index (κ1) is 39.4. The van der Waals surface area contributed by atoms with Crippen LogP contribution in [0.5, 0.6) is 5.75 Å². The molecule has 2 saturated heterocycles. The molecule has 0 bridgehead atoms. The van der Waals surface area contributed by atoms with Gasteiger partial charge in [-0.05, 0) is 71.7 Å². The number of pyridine rings is 1. The lowest BCUT2D eigenvalue weighted by Gasteiger charge is -2.48. The standard InChI is InChI=1S/C43H57N5O6/c1-31(2)34-7-9-35(10-8-34)48-23-26-54-43(30-48)17-20-47(21-18-43)29-33-6-4-5-32(27-33)15-24-53-25-16-41(52)46(3)22-19-44-28-39(50)36-11-13-38(49)42-37(36)12-14-40(51)45-42/h4-14,27,31,39,44,49-50H,15-26,28-30H2,1-3H3,(H,45,51)/t39-/m0/s1. The maximum Gasteiger partial charge on any atom is 0.248 e. The molecular formula is C43H57N5O6. The number of nitrogens with zero attached hydrogens (tertiary/aromatic N) is 3. The Bertz CT molecular complexity index is 1890. The van der Waals surface area contributed by atoms with Crippen molar-refractivity contribution in [2.75, 3.05) is 77.6 Å². The summed E-state index contributed by atoms with van der Waals surface area (Å²) >= 11 is 0. The Balaban J connectivity index is 0.853. The molecule has 2 aliphatic heterocycles. The Hall–Kier alpha value is -4.26. The van der Waals surface area contributed by atoms with Crippen molar-refractivity contribution in [1.82, 2.24) is 20.1 Å². The van der Waals surface area contributed by atoms with Gasteiger partial charge in [0.15, 0.2) is 0 Å². The number of likely N-dealkylation sites (N-methyl/N-ethyl adjacent to an activating group) is 1. The molecular weight excluding hydrogens is 683 g/mol. The number of nitrogens with one attached hydrogen (secondary N) is 2. The summed E-state index contributed by atoms with van der Waals surface area (Å²) in [6.45, 7) is 12.3. The SMILES string of the molecule is CC(C)c1ccc(N2CCOC3(CCN(Cc4cccc(CCOCCC(=O)N(C)CCNC[C@H](O)c5ccc(O)c6[nH]c(=O)ccc56)c4)CC3)C2)cc1. The number of rotatable bonds is 16. The van der Waals surface area contributed by atoms with Gasteiger partial charge < -0.3 is 39.8 Å². The van der Waals surface area contributed by atoms with Crippen molar-refractivity contribution < 1.29 is 24.5 Å². The normalized spacial score (nSPS) is 16.6. The zero-order valence-electron chi connectivity index (χ0n) is 32.1. The van der Waals surface area contributed by atoms with Crippen LogP contribution in [0.15, 0.2) is 77.6 Å². The maximum absolute atomic E-state index is 12.7. The lowest BCUT2D eigenvalue weighted by molar-refractivity contribution is -0.131. The van der Waals surface area contributed by atoms with E-state index in [1.54, 1.807) is 24.1 Å². The number of aromatic nitrogens is 1. The van der Waals surface area contributed by atoms with Crippen molar-refractivity contribution in [3.8, 4) is 5.75 Å². The number of aromatic amines is 1. The van der Waals surface area contributed by atoms with Crippen LogP contribution in [0.2, 0.25) is 0 Å². The fraction of sp³-hybridized carbons (Fsp3) is 0.488. The fourth-order valence-corrected chi connectivity index (χ4v) is 7.61. The highest BCUT2D eigenvalue weighted by Crippen LogP contribution is 2.33. The zero-order chi connectivity index (χ0) is 38.1. The van der Waals surface area contributed by atoms with Gasteiger partial charge in [0.2, 0.25) is 11.5 Å². The van der Waals surface area contributed by atoms with E-state index in [0.717, 1.165) is 58.6 Å². The number of carbonyl (C=O) groups is 1. The van der Waals surface area contributed by atoms with Crippen LogP contribution in [0.1, 0.15) is 67.4 Å². The second-order valence-corrected chi connectivity index (χ2v) is 15.2. The van der Waals surface area contributed by atoms with Gasteiger partial charge in [0.05, 0.1) is 43.5 Å². The predicted octanol–water partition coefficient (Wildman–Crippen LogP) is 4.96. The number of phenols is 1. The first-order valence-corrected chi connectivity index (χ1v) is 19.4. The number of fused-ring (bicyclic) bond motifs is 1. The van der Waals surface area contributed by atoms with Gasteiger partial charge in [-0.15, -0.1) is 0 Å². The number of phenolic OH excluding ortho intramolecular Hbond substituents is 1. The maximum atomic E-state index is 12.7. The van der Waals surface area contributed by atoms with Gasteiger partial charge in [-0.2, -0.15) is 0 Å². The highest BCUT2D eigenvalue weighted by Gasteiger charge is 2.39. The quantitative estimate of drug-likeness (QED) is 0.118. The number of amides is 1. The molecule has 1 atom stereocenters. The monoisotopic (exact) mass is 739 g/mol. The summed E-state index contributed by atoms with van der Waals surface area (Å²) in [5.41, 5.74) is 5.73. The molecule has 11 nitrogen and oxygen atoms in total. The summed E-state index contributed by atoms with van der Waals surface area (Å²) in [4.78, 5) is 33.7. The molecule has 4 aromatic rings. The number of H-pyrrole nitrogens is 1. The number of anilines is 1. The van der Waals surface area contributed by atoms with Gasteiger partial charge in [-0.3, -0.25) is 14.5 Å². The third kappa shape index (κ3) is 10.3. The van der Waals surface area contributed by atoms with Crippen LogP contribution in [0.4, 0.5) is 5.69 Å². The number of ether oxygens (including phenoxy) is 2. The number of likely N-dealkylation sites (tertiary alicyclic amines) is 1. The van der Waals surface area contributed by atoms with Crippen molar-refractivity contribution in [2.24, 2.45) is 0 Å². The molecule has 54 heavy (non-hydrogen) atoms. The van der Waals surface area contributed by atoms with E-state index in [9.17, 15) is 19.8 Å². The minimum atomic E-state index is -0.853. The second-order valence-electron chi connectivity index (χ2n) is 15.2. The third-order valence-corrected chi connectivity index (χ3v) is 11.0. The molecule has 2 aliphatic rings. The zero-order valence-corrected chi connectivity index (χ0v) is 32.1. The second kappa shape index (κ2) is 18.4. The number of aliphatic hydroxyl groups is 1. The van der Waals surface area contributed by atoms with E-state index in [-0.39, 0.29) is 29.4 Å². The number of hydrogen-bond acceptors (Lipinski definition) is 9. The molecule has 1 spiro atoms. The van der Waals surface area contributed by atoms with Crippen LogP contribution < -0.4 is 15.8 Å². The Kier molecular flexibility index (Phi) is 13.4. The largest absolute Gasteiger partial charge is 0.506 e. The molecule has 0 radical (unpaired) electrons. The van der Waals surface area contributed by atoms with Gasteiger partial charge in [-0.1, -0.05) is 56.3 Å². The smallest absolute Gasteiger partial charge is 0.248 e. The molecule has 6 rings (SSSR count). The van der Waals surface area contributed by atoms with Crippen molar-refractivity contribution in [3.05, 3.63) is 105 Å². The number of aromatic hydroxyl groups is 1. The van der Waals surface area contributed by atoms with Gasteiger partial charge in [0.1, 0.15) is 5.75 Å². The summed E-state index contributed by atoms with van der Waals surface area (Å²) in [6, 6.07) is 23.9. The molecule has 11 heteroatoms. The molecule has 1 amide bonds. The molecule has 4 N–H and O–H groups in total. The highest BCUT2D eigenvalue weighted by atomic mass is 16.5. The first-order chi connectivity index (χ1) is 26.1. The number of benzene rings is 3. The van der Waals surface area contributed by atoms with Gasteiger partial charge in [0, 0.05) is 76.5 Å². The van der Waals surface area contributed by atoms with Gasteiger partial charge in [0.25, 0.3) is 0 Å². The molecule has 0 aliphatic carbocycles. The van der Waals surface area contributed by atoms with E-state index < -0.39 is 6.10 Å².